The van der Waals surface area contributed by atoms with Crippen LogP contribution in [0.25, 0.3) is 21.9 Å². The molecule has 0 saturated carbocycles. The molecule has 0 atom stereocenters. The predicted molar refractivity (Wildman–Crippen MR) is 83.5 cm³/mol. The van der Waals surface area contributed by atoms with E-state index in [0.29, 0.717) is 12.1 Å². The standard InChI is InChI=1S/C16H18N4O/c21-16-15-14(12-5-1-2-6-13(12)18-15)17-11-20(16)10-9-19-7-3-4-8-19/h1-2,5-6,11,18H,3-4,7-10H2. The van der Waals surface area contributed by atoms with Gasteiger partial charge in [0, 0.05) is 24.0 Å². The van der Waals surface area contributed by atoms with E-state index in [4.69, 9.17) is 0 Å². The van der Waals surface area contributed by atoms with Gasteiger partial charge in [-0.15, -0.1) is 0 Å². The fraction of sp³-hybridized carbons (Fsp3) is 0.375. The number of likely N-dealkylation sites (tertiary alicyclic amines) is 1. The van der Waals surface area contributed by atoms with E-state index in [0.717, 1.165) is 36.1 Å². The van der Waals surface area contributed by atoms with Crippen molar-refractivity contribution in [1.82, 2.24) is 19.4 Å². The van der Waals surface area contributed by atoms with E-state index in [2.05, 4.69) is 14.9 Å². The minimum atomic E-state index is 0.0235. The number of rotatable bonds is 3. The van der Waals surface area contributed by atoms with E-state index >= 15 is 0 Å². The highest BCUT2D eigenvalue weighted by Crippen LogP contribution is 2.20. The Hall–Kier alpha value is -2.14. The van der Waals surface area contributed by atoms with Gasteiger partial charge in [-0.2, -0.15) is 0 Å². The molecule has 1 aliphatic rings. The Labute approximate surface area is 122 Å². The third-order valence-corrected chi connectivity index (χ3v) is 4.34. The van der Waals surface area contributed by atoms with Crippen LogP contribution in [0.15, 0.2) is 35.4 Å². The van der Waals surface area contributed by atoms with Gasteiger partial charge in [-0.05, 0) is 32.0 Å². The number of hydrogen-bond acceptors (Lipinski definition) is 3. The zero-order valence-corrected chi connectivity index (χ0v) is 11.9. The van der Waals surface area contributed by atoms with E-state index in [9.17, 15) is 4.79 Å². The van der Waals surface area contributed by atoms with Gasteiger partial charge in [-0.3, -0.25) is 9.36 Å². The number of aromatic amines is 1. The summed E-state index contributed by atoms with van der Waals surface area (Å²) < 4.78 is 1.72. The quantitative estimate of drug-likeness (QED) is 0.799. The highest BCUT2D eigenvalue weighted by atomic mass is 16.1. The highest BCUT2D eigenvalue weighted by Gasteiger charge is 2.13. The number of nitrogens with one attached hydrogen (secondary N) is 1. The molecule has 0 unspecified atom stereocenters. The van der Waals surface area contributed by atoms with E-state index in [1.165, 1.54) is 12.8 Å². The SMILES string of the molecule is O=c1c2[nH]c3ccccc3c2ncn1CCN1CCCC1. The molecule has 5 nitrogen and oxygen atoms in total. The maximum atomic E-state index is 12.6. The second-order valence-electron chi connectivity index (χ2n) is 5.69. The molecule has 1 aromatic carbocycles. The van der Waals surface area contributed by atoms with Crippen LogP contribution < -0.4 is 5.56 Å². The van der Waals surface area contributed by atoms with E-state index in [-0.39, 0.29) is 5.56 Å². The maximum absolute atomic E-state index is 12.6. The molecule has 3 heterocycles. The van der Waals surface area contributed by atoms with Crippen LogP contribution >= 0.6 is 0 Å². The molecule has 0 bridgehead atoms. The number of hydrogen-bond donors (Lipinski definition) is 1. The smallest absolute Gasteiger partial charge is 0.277 e. The van der Waals surface area contributed by atoms with Gasteiger partial charge in [0.25, 0.3) is 5.56 Å². The summed E-state index contributed by atoms with van der Waals surface area (Å²) in [6.07, 6.45) is 4.23. The van der Waals surface area contributed by atoms with Crippen LogP contribution in [0.1, 0.15) is 12.8 Å². The lowest BCUT2D eigenvalue weighted by atomic mass is 10.2. The van der Waals surface area contributed by atoms with E-state index in [1.54, 1.807) is 10.9 Å². The van der Waals surface area contributed by atoms with Gasteiger partial charge in [0.1, 0.15) is 11.0 Å². The first-order valence-electron chi connectivity index (χ1n) is 7.51. The second-order valence-corrected chi connectivity index (χ2v) is 5.69. The summed E-state index contributed by atoms with van der Waals surface area (Å²) in [5, 5.41) is 1.01. The first-order valence-corrected chi connectivity index (χ1v) is 7.51. The van der Waals surface area contributed by atoms with Crippen molar-refractivity contribution >= 4 is 21.9 Å². The summed E-state index contributed by atoms with van der Waals surface area (Å²) >= 11 is 0. The molecule has 5 heteroatoms. The van der Waals surface area contributed by atoms with Crippen molar-refractivity contribution < 1.29 is 0 Å². The number of aromatic nitrogens is 3. The first kappa shape index (κ1) is 12.6. The summed E-state index contributed by atoms with van der Waals surface area (Å²) in [5.41, 5.74) is 2.37. The molecule has 0 amide bonds. The number of nitrogens with zero attached hydrogens (tertiary/aromatic N) is 3. The van der Waals surface area contributed by atoms with Crippen LogP contribution in [0.3, 0.4) is 0 Å². The van der Waals surface area contributed by atoms with Crippen molar-refractivity contribution in [2.75, 3.05) is 19.6 Å². The van der Waals surface area contributed by atoms with Gasteiger partial charge < -0.3 is 9.88 Å². The maximum Gasteiger partial charge on any atom is 0.277 e. The average Bonchev–Trinajstić information content (AvgIpc) is 3.14. The van der Waals surface area contributed by atoms with Crippen LogP contribution in [0, 0.1) is 0 Å². The molecule has 108 valence electrons. The molecule has 1 saturated heterocycles. The normalized spacial score (nSPS) is 16.2. The van der Waals surface area contributed by atoms with Gasteiger partial charge in [0.2, 0.25) is 0 Å². The Morgan fingerprint density at radius 1 is 1.14 bits per heavy atom. The first-order chi connectivity index (χ1) is 10.3. The largest absolute Gasteiger partial charge is 0.349 e. The lowest BCUT2D eigenvalue weighted by molar-refractivity contribution is 0.320. The summed E-state index contributed by atoms with van der Waals surface area (Å²) in [4.78, 5) is 22.7. The molecular weight excluding hydrogens is 264 g/mol. The van der Waals surface area contributed by atoms with Gasteiger partial charge in [0.05, 0.1) is 6.33 Å². The van der Waals surface area contributed by atoms with Crippen molar-refractivity contribution in [3.8, 4) is 0 Å². The van der Waals surface area contributed by atoms with Crippen molar-refractivity contribution in [3.63, 3.8) is 0 Å². The molecule has 0 spiro atoms. The third-order valence-electron chi connectivity index (χ3n) is 4.34. The fourth-order valence-electron chi connectivity index (χ4n) is 3.15. The van der Waals surface area contributed by atoms with E-state index in [1.807, 2.05) is 24.3 Å². The van der Waals surface area contributed by atoms with Gasteiger partial charge in [-0.25, -0.2) is 4.98 Å². The van der Waals surface area contributed by atoms with Gasteiger partial charge in [-0.1, -0.05) is 18.2 Å². The molecule has 2 aromatic heterocycles. The summed E-state index contributed by atoms with van der Waals surface area (Å²) in [7, 11) is 0. The van der Waals surface area contributed by atoms with Crippen LogP contribution in [0.4, 0.5) is 0 Å². The Morgan fingerprint density at radius 3 is 2.81 bits per heavy atom. The molecule has 21 heavy (non-hydrogen) atoms. The average molecular weight is 282 g/mol. The van der Waals surface area contributed by atoms with E-state index < -0.39 is 0 Å². The zero-order valence-electron chi connectivity index (χ0n) is 11.9. The van der Waals surface area contributed by atoms with Crippen molar-refractivity contribution in [2.45, 2.75) is 19.4 Å². The topological polar surface area (TPSA) is 53.9 Å². The molecule has 3 aromatic rings. The molecule has 0 radical (unpaired) electrons. The minimum absolute atomic E-state index is 0.0235. The van der Waals surface area contributed by atoms with Crippen molar-refractivity contribution in [3.05, 3.63) is 40.9 Å². The molecule has 1 N–H and O–H groups in total. The molecule has 1 fully saturated rings. The Morgan fingerprint density at radius 2 is 1.95 bits per heavy atom. The number of para-hydroxylation sites is 1. The predicted octanol–water partition coefficient (Wildman–Crippen LogP) is 1.97. The minimum Gasteiger partial charge on any atom is -0.349 e. The summed E-state index contributed by atoms with van der Waals surface area (Å²) in [5.74, 6) is 0. The second kappa shape index (κ2) is 5.00. The summed E-state index contributed by atoms with van der Waals surface area (Å²) in [6, 6.07) is 7.90. The Bertz CT molecular complexity index is 842. The van der Waals surface area contributed by atoms with Gasteiger partial charge >= 0.3 is 0 Å². The molecule has 0 aliphatic carbocycles. The Balaban J connectivity index is 1.72. The number of H-pyrrole nitrogens is 1. The lowest BCUT2D eigenvalue weighted by Gasteiger charge is -2.14. The summed E-state index contributed by atoms with van der Waals surface area (Å²) in [6.45, 7) is 3.93. The third kappa shape index (κ3) is 2.14. The van der Waals surface area contributed by atoms with Crippen molar-refractivity contribution in [1.29, 1.82) is 0 Å². The van der Waals surface area contributed by atoms with Gasteiger partial charge in [0.15, 0.2) is 0 Å². The molecular formula is C16H18N4O. The number of fused-ring (bicyclic) bond motifs is 3. The van der Waals surface area contributed by atoms with Crippen molar-refractivity contribution in [2.24, 2.45) is 0 Å². The lowest BCUT2D eigenvalue weighted by Crippen LogP contribution is -2.29. The van der Waals surface area contributed by atoms with Crippen LogP contribution in [0.5, 0.6) is 0 Å². The highest BCUT2D eigenvalue weighted by molar-refractivity contribution is 6.04. The molecule has 1 aliphatic heterocycles. The fourth-order valence-corrected chi connectivity index (χ4v) is 3.15. The van der Waals surface area contributed by atoms with Crippen LogP contribution in [0.2, 0.25) is 0 Å². The number of benzene rings is 1. The zero-order chi connectivity index (χ0) is 14.2. The van der Waals surface area contributed by atoms with Crippen LogP contribution in [-0.4, -0.2) is 39.1 Å². The Kier molecular flexibility index (Phi) is 3.00. The molecule has 4 rings (SSSR count). The van der Waals surface area contributed by atoms with Crippen LogP contribution in [-0.2, 0) is 6.54 Å². The monoisotopic (exact) mass is 282 g/mol.